The molecule has 0 saturated heterocycles. The Kier molecular flexibility index (Phi) is 6.84. The summed E-state index contributed by atoms with van der Waals surface area (Å²) in [5.74, 6) is 0.921. The Balaban J connectivity index is 2.96. The molecule has 0 aliphatic carbocycles. The van der Waals surface area contributed by atoms with Gasteiger partial charge in [0.15, 0.2) is 0 Å². The molecule has 1 N–H and O–H groups in total. The van der Waals surface area contributed by atoms with Gasteiger partial charge in [-0.1, -0.05) is 39.3 Å². The van der Waals surface area contributed by atoms with Gasteiger partial charge in [-0.15, -0.1) is 0 Å². The van der Waals surface area contributed by atoms with E-state index in [0.29, 0.717) is 6.04 Å². The van der Waals surface area contributed by atoms with Crippen LogP contribution in [0, 0.1) is 5.41 Å². The zero-order valence-electron chi connectivity index (χ0n) is 13.4. The number of methoxy groups -OCH3 is 1. The van der Waals surface area contributed by atoms with E-state index in [2.05, 4.69) is 33.0 Å². The number of rotatable bonds is 8. The molecule has 0 fully saturated rings. The first-order chi connectivity index (χ1) is 9.44. The minimum atomic E-state index is 0.239. The lowest BCUT2D eigenvalue weighted by Gasteiger charge is -2.35. The summed E-state index contributed by atoms with van der Waals surface area (Å²) in [5.41, 5.74) is 1.41. The Bertz CT molecular complexity index is 417. The van der Waals surface area contributed by atoms with E-state index in [4.69, 9.17) is 16.3 Å². The van der Waals surface area contributed by atoms with Crippen molar-refractivity contribution in [2.24, 2.45) is 5.41 Å². The maximum Gasteiger partial charge on any atom is 0.122 e. The second-order valence-corrected chi connectivity index (χ2v) is 6.45. The maximum atomic E-state index is 6.13. The van der Waals surface area contributed by atoms with E-state index in [0.717, 1.165) is 36.6 Å². The van der Waals surface area contributed by atoms with Crippen molar-refractivity contribution in [3.8, 4) is 5.75 Å². The molecule has 0 aromatic heterocycles. The third-order valence-corrected chi connectivity index (χ3v) is 4.40. The second-order valence-electron chi connectivity index (χ2n) is 6.01. The number of ether oxygens (including phenoxy) is 1. The molecule has 1 unspecified atom stereocenters. The van der Waals surface area contributed by atoms with E-state index >= 15 is 0 Å². The van der Waals surface area contributed by atoms with Crippen molar-refractivity contribution < 1.29 is 4.74 Å². The van der Waals surface area contributed by atoms with Gasteiger partial charge in [-0.25, -0.2) is 0 Å². The standard InChI is InChI=1S/C17H28ClNO/c1-6-10-19-16(17(3,4)7-2)12-13-11-14(18)8-9-15(13)20-5/h8-9,11,16,19H,6-7,10,12H2,1-5H3. The highest BCUT2D eigenvalue weighted by Crippen LogP contribution is 2.31. The lowest BCUT2D eigenvalue weighted by atomic mass is 9.78. The van der Waals surface area contributed by atoms with Crippen LogP contribution in [0.25, 0.3) is 0 Å². The SMILES string of the molecule is CCCNC(Cc1cc(Cl)ccc1OC)C(C)(C)CC. The largest absolute Gasteiger partial charge is 0.496 e. The summed E-state index contributed by atoms with van der Waals surface area (Å²) in [6, 6.07) is 6.27. The van der Waals surface area contributed by atoms with E-state index in [1.54, 1.807) is 7.11 Å². The average Bonchev–Trinajstić information content (AvgIpc) is 2.43. The predicted molar refractivity (Wildman–Crippen MR) is 87.9 cm³/mol. The number of hydrogen-bond acceptors (Lipinski definition) is 2. The summed E-state index contributed by atoms with van der Waals surface area (Å²) < 4.78 is 5.47. The third-order valence-electron chi connectivity index (χ3n) is 4.16. The fraction of sp³-hybridized carbons (Fsp3) is 0.647. The zero-order valence-corrected chi connectivity index (χ0v) is 14.2. The van der Waals surface area contributed by atoms with Crippen molar-refractivity contribution in [1.29, 1.82) is 0 Å². The van der Waals surface area contributed by atoms with E-state index in [1.807, 2.05) is 18.2 Å². The Morgan fingerprint density at radius 3 is 2.55 bits per heavy atom. The molecule has 0 amide bonds. The van der Waals surface area contributed by atoms with Gasteiger partial charge in [-0.2, -0.15) is 0 Å². The third kappa shape index (κ3) is 4.68. The topological polar surface area (TPSA) is 21.3 Å². The fourth-order valence-electron chi connectivity index (χ4n) is 2.32. The van der Waals surface area contributed by atoms with Crippen LogP contribution in [-0.4, -0.2) is 19.7 Å². The molecular formula is C17H28ClNO. The van der Waals surface area contributed by atoms with E-state index < -0.39 is 0 Å². The van der Waals surface area contributed by atoms with Gasteiger partial charge >= 0.3 is 0 Å². The van der Waals surface area contributed by atoms with Crippen LogP contribution in [-0.2, 0) is 6.42 Å². The number of benzene rings is 1. The second kappa shape index (κ2) is 7.90. The normalized spacial score (nSPS) is 13.3. The van der Waals surface area contributed by atoms with Crippen LogP contribution in [0.1, 0.15) is 46.1 Å². The maximum absolute atomic E-state index is 6.13. The molecule has 114 valence electrons. The molecule has 0 aliphatic heterocycles. The predicted octanol–water partition coefficient (Wildman–Crippen LogP) is 4.70. The number of halogens is 1. The van der Waals surface area contributed by atoms with E-state index in [1.165, 1.54) is 5.56 Å². The van der Waals surface area contributed by atoms with Gasteiger partial charge in [-0.3, -0.25) is 0 Å². The van der Waals surface area contributed by atoms with Gasteiger partial charge in [0.05, 0.1) is 7.11 Å². The van der Waals surface area contributed by atoms with Gasteiger partial charge in [-0.05, 0) is 55.0 Å². The Morgan fingerprint density at radius 1 is 1.30 bits per heavy atom. The van der Waals surface area contributed by atoms with Crippen molar-refractivity contribution in [2.45, 2.75) is 53.0 Å². The monoisotopic (exact) mass is 297 g/mol. The first-order valence-electron chi connectivity index (χ1n) is 7.50. The van der Waals surface area contributed by atoms with Crippen molar-refractivity contribution in [3.63, 3.8) is 0 Å². The molecule has 0 bridgehead atoms. The van der Waals surface area contributed by atoms with Crippen LogP contribution in [0.4, 0.5) is 0 Å². The van der Waals surface area contributed by atoms with Crippen molar-refractivity contribution >= 4 is 11.6 Å². The number of nitrogens with one attached hydrogen (secondary N) is 1. The van der Waals surface area contributed by atoms with Crippen molar-refractivity contribution in [1.82, 2.24) is 5.32 Å². The molecule has 20 heavy (non-hydrogen) atoms. The Labute approximate surface area is 128 Å². The summed E-state index contributed by atoms with van der Waals surface area (Å²) >= 11 is 6.13. The molecule has 0 radical (unpaired) electrons. The van der Waals surface area contributed by atoms with Crippen LogP contribution in [0.3, 0.4) is 0 Å². The van der Waals surface area contributed by atoms with Crippen molar-refractivity contribution in [2.75, 3.05) is 13.7 Å². The van der Waals surface area contributed by atoms with Crippen LogP contribution in [0.15, 0.2) is 18.2 Å². The molecule has 2 nitrogen and oxygen atoms in total. The highest BCUT2D eigenvalue weighted by atomic mass is 35.5. The van der Waals surface area contributed by atoms with Crippen LogP contribution >= 0.6 is 11.6 Å². The van der Waals surface area contributed by atoms with Crippen molar-refractivity contribution in [3.05, 3.63) is 28.8 Å². The minimum Gasteiger partial charge on any atom is -0.496 e. The van der Waals surface area contributed by atoms with Crippen LogP contribution in [0.2, 0.25) is 5.02 Å². The summed E-state index contributed by atoms with van der Waals surface area (Å²) in [7, 11) is 1.71. The lowest BCUT2D eigenvalue weighted by Crippen LogP contribution is -2.43. The van der Waals surface area contributed by atoms with Crippen LogP contribution in [0.5, 0.6) is 5.75 Å². The molecule has 0 heterocycles. The molecule has 1 atom stereocenters. The lowest BCUT2D eigenvalue weighted by molar-refractivity contribution is 0.229. The molecule has 3 heteroatoms. The molecule has 1 rings (SSSR count). The van der Waals surface area contributed by atoms with Gasteiger partial charge < -0.3 is 10.1 Å². The molecule has 0 spiro atoms. The fourth-order valence-corrected chi connectivity index (χ4v) is 2.51. The molecule has 1 aromatic carbocycles. The average molecular weight is 298 g/mol. The highest BCUT2D eigenvalue weighted by molar-refractivity contribution is 6.30. The Morgan fingerprint density at radius 2 is 2.00 bits per heavy atom. The quantitative estimate of drug-likeness (QED) is 0.751. The minimum absolute atomic E-state index is 0.239. The smallest absolute Gasteiger partial charge is 0.122 e. The van der Waals surface area contributed by atoms with E-state index in [-0.39, 0.29) is 5.41 Å². The molecule has 1 aromatic rings. The van der Waals surface area contributed by atoms with Gasteiger partial charge in [0.1, 0.15) is 5.75 Å². The summed E-state index contributed by atoms with van der Waals surface area (Å²) in [6.45, 7) is 10.1. The van der Waals surface area contributed by atoms with E-state index in [9.17, 15) is 0 Å². The summed E-state index contributed by atoms with van der Waals surface area (Å²) in [5, 5.41) is 4.45. The number of hydrogen-bond donors (Lipinski definition) is 1. The summed E-state index contributed by atoms with van der Waals surface area (Å²) in [6.07, 6.45) is 3.21. The summed E-state index contributed by atoms with van der Waals surface area (Å²) in [4.78, 5) is 0. The first kappa shape index (κ1) is 17.3. The molecular weight excluding hydrogens is 270 g/mol. The van der Waals surface area contributed by atoms with Crippen LogP contribution < -0.4 is 10.1 Å². The highest BCUT2D eigenvalue weighted by Gasteiger charge is 2.28. The van der Waals surface area contributed by atoms with Gasteiger partial charge in [0.2, 0.25) is 0 Å². The Hall–Kier alpha value is -0.730. The molecule has 0 saturated carbocycles. The first-order valence-corrected chi connectivity index (χ1v) is 7.88. The zero-order chi connectivity index (χ0) is 15.2. The van der Waals surface area contributed by atoms with Gasteiger partial charge in [0.25, 0.3) is 0 Å². The molecule has 0 aliphatic rings. The van der Waals surface area contributed by atoms with Gasteiger partial charge in [0, 0.05) is 11.1 Å².